The van der Waals surface area contributed by atoms with Crippen molar-refractivity contribution in [3.63, 3.8) is 0 Å². The Morgan fingerprint density at radius 2 is 1.72 bits per heavy atom. The molecular weight excluding hydrogens is 220 g/mol. The van der Waals surface area contributed by atoms with Gasteiger partial charge in [0.05, 0.1) is 0 Å². The molecule has 2 heteroatoms. The van der Waals surface area contributed by atoms with Gasteiger partial charge in [-0.3, -0.25) is 11.3 Å². The van der Waals surface area contributed by atoms with Crippen LogP contribution in [-0.2, 0) is 6.42 Å². The smallest absolute Gasteiger partial charge is 0.0251 e. The highest BCUT2D eigenvalue weighted by Crippen LogP contribution is 2.19. The van der Waals surface area contributed by atoms with Gasteiger partial charge in [-0.25, -0.2) is 0 Å². The van der Waals surface area contributed by atoms with E-state index in [0.29, 0.717) is 6.04 Å². The zero-order valence-corrected chi connectivity index (χ0v) is 12.3. The van der Waals surface area contributed by atoms with Gasteiger partial charge in [0.2, 0.25) is 0 Å². The molecular formula is C16H28N2. The van der Waals surface area contributed by atoms with Gasteiger partial charge in [-0.15, -0.1) is 0 Å². The molecule has 2 nitrogen and oxygen atoms in total. The quantitative estimate of drug-likeness (QED) is 0.440. The minimum absolute atomic E-state index is 0.400. The average molecular weight is 248 g/mol. The highest BCUT2D eigenvalue weighted by atomic mass is 15.2. The summed E-state index contributed by atoms with van der Waals surface area (Å²) >= 11 is 0. The fourth-order valence-corrected chi connectivity index (χ4v) is 2.66. The summed E-state index contributed by atoms with van der Waals surface area (Å²) in [6.45, 7) is 8.80. The van der Waals surface area contributed by atoms with Gasteiger partial charge in [0.1, 0.15) is 0 Å². The first-order chi connectivity index (χ1) is 8.58. The third-order valence-electron chi connectivity index (χ3n) is 3.68. The number of hydrazine groups is 1. The van der Waals surface area contributed by atoms with Crippen LogP contribution in [-0.4, -0.2) is 6.04 Å². The number of nitrogens with two attached hydrogens (primary N) is 1. The van der Waals surface area contributed by atoms with Crippen molar-refractivity contribution < 1.29 is 0 Å². The number of aryl methyl sites for hydroxylation is 3. The van der Waals surface area contributed by atoms with Crippen LogP contribution in [0.25, 0.3) is 0 Å². The first-order valence-corrected chi connectivity index (χ1v) is 7.11. The van der Waals surface area contributed by atoms with Gasteiger partial charge in [-0.2, -0.15) is 0 Å². The lowest BCUT2D eigenvalue weighted by Gasteiger charge is -2.19. The second kappa shape index (κ2) is 7.55. The first kappa shape index (κ1) is 15.2. The van der Waals surface area contributed by atoms with Gasteiger partial charge >= 0.3 is 0 Å². The van der Waals surface area contributed by atoms with Crippen molar-refractivity contribution in [2.75, 3.05) is 0 Å². The maximum absolute atomic E-state index is 5.68. The predicted molar refractivity (Wildman–Crippen MR) is 79.6 cm³/mol. The summed E-state index contributed by atoms with van der Waals surface area (Å²) in [5.41, 5.74) is 8.57. The second-order valence-corrected chi connectivity index (χ2v) is 5.44. The summed E-state index contributed by atoms with van der Waals surface area (Å²) < 4.78 is 0. The minimum atomic E-state index is 0.400. The normalized spacial score (nSPS) is 12.7. The highest BCUT2D eigenvalue weighted by Gasteiger charge is 2.11. The van der Waals surface area contributed by atoms with Crippen molar-refractivity contribution in [3.05, 3.63) is 34.4 Å². The van der Waals surface area contributed by atoms with Gasteiger partial charge in [-0.05, 0) is 50.3 Å². The molecule has 1 aromatic carbocycles. The van der Waals surface area contributed by atoms with E-state index >= 15 is 0 Å². The molecule has 0 amide bonds. The molecule has 0 aromatic heterocycles. The van der Waals surface area contributed by atoms with Crippen LogP contribution in [0.1, 0.15) is 54.9 Å². The van der Waals surface area contributed by atoms with Crippen molar-refractivity contribution in [1.82, 2.24) is 5.43 Å². The van der Waals surface area contributed by atoms with Crippen LogP contribution in [0.15, 0.2) is 12.1 Å². The molecule has 1 atom stereocenters. The molecule has 0 radical (unpaired) electrons. The standard InChI is InChI=1S/C16H28N2/c1-5-6-7-8-15(18-17)11-16-13(3)9-12(2)10-14(16)4/h9-10,15,18H,5-8,11,17H2,1-4H3. The Morgan fingerprint density at radius 1 is 1.11 bits per heavy atom. The van der Waals surface area contributed by atoms with E-state index in [-0.39, 0.29) is 0 Å². The molecule has 0 fully saturated rings. The van der Waals surface area contributed by atoms with E-state index in [0.717, 1.165) is 12.8 Å². The molecule has 1 unspecified atom stereocenters. The molecule has 0 aliphatic heterocycles. The van der Waals surface area contributed by atoms with Crippen molar-refractivity contribution in [2.45, 2.75) is 65.8 Å². The van der Waals surface area contributed by atoms with Crippen LogP contribution in [0.2, 0.25) is 0 Å². The highest BCUT2D eigenvalue weighted by molar-refractivity contribution is 5.38. The van der Waals surface area contributed by atoms with Crippen molar-refractivity contribution >= 4 is 0 Å². The molecule has 3 N–H and O–H groups in total. The van der Waals surface area contributed by atoms with E-state index in [2.05, 4.69) is 45.3 Å². The Bertz CT molecular complexity index is 348. The summed E-state index contributed by atoms with van der Waals surface area (Å²) in [7, 11) is 0. The molecule has 0 spiro atoms. The molecule has 0 bridgehead atoms. The number of hydrogen-bond acceptors (Lipinski definition) is 2. The van der Waals surface area contributed by atoms with Gasteiger partial charge in [0.25, 0.3) is 0 Å². The van der Waals surface area contributed by atoms with Gasteiger partial charge in [-0.1, -0.05) is 43.9 Å². The molecule has 1 rings (SSSR count). The molecule has 0 saturated carbocycles. The second-order valence-electron chi connectivity index (χ2n) is 5.44. The minimum Gasteiger partial charge on any atom is -0.271 e. The summed E-state index contributed by atoms with van der Waals surface area (Å²) in [5, 5.41) is 0. The van der Waals surface area contributed by atoms with E-state index in [1.807, 2.05) is 0 Å². The maximum atomic E-state index is 5.68. The zero-order valence-electron chi connectivity index (χ0n) is 12.3. The van der Waals surface area contributed by atoms with Crippen LogP contribution in [0.4, 0.5) is 0 Å². The van der Waals surface area contributed by atoms with Crippen LogP contribution in [0.5, 0.6) is 0 Å². The van der Waals surface area contributed by atoms with Crippen LogP contribution in [0, 0.1) is 20.8 Å². The lowest BCUT2D eigenvalue weighted by molar-refractivity contribution is 0.465. The molecule has 0 saturated heterocycles. The fraction of sp³-hybridized carbons (Fsp3) is 0.625. The Hall–Kier alpha value is -0.860. The van der Waals surface area contributed by atoms with Gasteiger partial charge < -0.3 is 0 Å². The third-order valence-corrected chi connectivity index (χ3v) is 3.68. The zero-order chi connectivity index (χ0) is 13.5. The van der Waals surface area contributed by atoms with E-state index in [4.69, 9.17) is 5.84 Å². The van der Waals surface area contributed by atoms with E-state index in [9.17, 15) is 0 Å². The number of unbranched alkanes of at least 4 members (excludes halogenated alkanes) is 2. The maximum Gasteiger partial charge on any atom is 0.0251 e. The lowest BCUT2D eigenvalue weighted by atomic mass is 9.93. The largest absolute Gasteiger partial charge is 0.271 e. The van der Waals surface area contributed by atoms with Gasteiger partial charge in [0, 0.05) is 6.04 Å². The van der Waals surface area contributed by atoms with Crippen molar-refractivity contribution in [1.29, 1.82) is 0 Å². The summed E-state index contributed by atoms with van der Waals surface area (Å²) in [4.78, 5) is 0. The average Bonchev–Trinajstić information content (AvgIpc) is 2.31. The molecule has 0 aliphatic rings. The SMILES string of the molecule is CCCCCC(Cc1c(C)cc(C)cc1C)NN. The molecule has 1 aromatic rings. The van der Waals surface area contributed by atoms with Crippen molar-refractivity contribution in [2.24, 2.45) is 5.84 Å². The van der Waals surface area contributed by atoms with Crippen LogP contribution >= 0.6 is 0 Å². The predicted octanol–water partition coefficient (Wildman–Crippen LogP) is 3.57. The molecule has 18 heavy (non-hydrogen) atoms. The Labute approximate surface area is 112 Å². The van der Waals surface area contributed by atoms with E-state index in [1.54, 1.807) is 0 Å². The molecule has 102 valence electrons. The summed E-state index contributed by atoms with van der Waals surface area (Å²) in [6, 6.07) is 4.93. The number of hydrogen-bond donors (Lipinski definition) is 2. The van der Waals surface area contributed by atoms with E-state index in [1.165, 1.54) is 41.5 Å². The third kappa shape index (κ3) is 4.43. The monoisotopic (exact) mass is 248 g/mol. The topological polar surface area (TPSA) is 38.0 Å². The Morgan fingerprint density at radius 3 is 2.22 bits per heavy atom. The number of nitrogens with one attached hydrogen (secondary N) is 1. The number of benzene rings is 1. The first-order valence-electron chi connectivity index (χ1n) is 7.11. The van der Waals surface area contributed by atoms with Crippen molar-refractivity contribution in [3.8, 4) is 0 Å². The van der Waals surface area contributed by atoms with Crippen LogP contribution < -0.4 is 11.3 Å². The number of rotatable bonds is 7. The molecule has 0 aliphatic carbocycles. The summed E-state index contributed by atoms with van der Waals surface area (Å²) in [5.74, 6) is 5.68. The molecule has 0 heterocycles. The lowest BCUT2D eigenvalue weighted by Crippen LogP contribution is -2.37. The van der Waals surface area contributed by atoms with Gasteiger partial charge in [0.15, 0.2) is 0 Å². The summed E-state index contributed by atoms with van der Waals surface area (Å²) in [6.07, 6.45) is 6.02. The van der Waals surface area contributed by atoms with E-state index < -0.39 is 0 Å². The fourth-order valence-electron chi connectivity index (χ4n) is 2.66. The Kier molecular flexibility index (Phi) is 6.37. The van der Waals surface area contributed by atoms with Crippen LogP contribution in [0.3, 0.4) is 0 Å². The Balaban J connectivity index is 2.69.